The lowest BCUT2D eigenvalue weighted by Gasteiger charge is -2.36. The van der Waals surface area contributed by atoms with E-state index in [9.17, 15) is 9.18 Å². The molecule has 2 fully saturated rings. The van der Waals surface area contributed by atoms with Gasteiger partial charge in [0.2, 0.25) is 5.91 Å². The van der Waals surface area contributed by atoms with Gasteiger partial charge in [0.1, 0.15) is 11.6 Å². The first-order valence-corrected chi connectivity index (χ1v) is 12.1. The maximum atomic E-state index is 14.1. The zero-order valence-corrected chi connectivity index (χ0v) is 19.5. The van der Waals surface area contributed by atoms with Gasteiger partial charge >= 0.3 is 0 Å². The molecule has 1 aromatic heterocycles. The van der Waals surface area contributed by atoms with Gasteiger partial charge in [-0.2, -0.15) is 0 Å². The maximum Gasteiger partial charge on any atom is 0.233 e. The summed E-state index contributed by atoms with van der Waals surface area (Å²) in [6.07, 6.45) is 9.69. The Morgan fingerprint density at radius 2 is 1.91 bits per heavy atom. The zero-order chi connectivity index (χ0) is 23.5. The van der Waals surface area contributed by atoms with Crippen LogP contribution in [0.3, 0.4) is 0 Å². The second-order valence-electron chi connectivity index (χ2n) is 9.42. The Labute approximate surface area is 200 Å². The molecule has 5 rings (SSSR count). The van der Waals surface area contributed by atoms with Crippen LogP contribution in [0, 0.1) is 5.82 Å². The molecule has 6 heteroatoms. The fourth-order valence-corrected chi connectivity index (χ4v) is 5.63. The zero-order valence-electron chi connectivity index (χ0n) is 19.5. The van der Waals surface area contributed by atoms with E-state index in [0.29, 0.717) is 6.42 Å². The van der Waals surface area contributed by atoms with E-state index in [1.54, 1.807) is 25.6 Å². The van der Waals surface area contributed by atoms with Crippen LogP contribution in [0.2, 0.25) is 0 Å². The lowest BCUT2D eigenvalue weighted by molar-refractivity contribution is -0.138. The van der Waals surface area contributed by atoms with Gasteiger partial charge in [-0.05, 0) is 61.1 Å². The van der Waals surface area contributed by atoms with Gasteiger partial charge in [0.15, 0.2) is 0 Å². The largest absolute Gasteiger partial charge is 0.497 e. The van der Waals surface area contributed by atoms with Gasteiger partial charge in [-0.3, -0.25) is 14.8 Å². The monoisotopic (exact) mass is 459 g/mol. The molecule has 0 radical (unpaired) electrons. The summed E-state index contributed by atoms with van der Waals surface area (Å²) in [4.78, 5) is 25.4. The number of nitrogens with zero attached hydrogens (tertiary/aromatic N) is 3. The Morgan fingerprint density at radius 3 is 2.65 bits per heavy atom. The highest BCUT2D eigenvalue weighted by atomic mass is 19.1. The van der Waals surface area contributed by atoms with Gasteiger partial charge < -0.3 is 9.64 Å². The van der Waals surface area contributed by atoms with E-state index in [0.717, 1.165) is 73.3 Å². The number of likely N-dealkylation sites (tertiary alicyclic amines) is 1. The van der Waals surface area contributed by atoms with Crippen molar-refractivity contribution < 1.29 is 13.9 Å². The van der Waals surface area contributed by atoms with Crippen LogP contribution in [0.4, 0.5) is 4.39 Å². The number of amides is 1. The van der Waals surface area contributed by atoms with Crippen molar-refractivity contribution in [1.29, 1.82) is 0 Å². The average molecular weight is 460 g/mol. The van der Waals surface area contributed by atoms with Crippen LogP contribution in [0.5, 0.6) is 5.75 Å². The summed E-state index contributed by atoms with van der Waals surface area (Å²) in [7, 11) is 1.66. The van der Waals surface area contributed by atoms with Crippen LogP contribution in [0.1, 0.15) is 67.1 Å². The lowest BCUT2D eigenvalue weighted by Crippen LogP contribution is -2.45. The normalized spacial score (nSPS) is 19.4. The summed E-state index contributed by atoms with van der Waals surface area (Å²) >= 11 is 0. The summed E-state index contributed by atoms with van der Waals surface area (Å²) in [5.41, 5.74) is 3.06. The highest BCUT2D eigenvalue weighted by molar-refractivity contribution is 5.89. The van der Waals surface area contributed by atoms with Gasteiger partial charge in [0.05, 0.1) is 36.2 Å². The second-order valence-corrected chi connectivity index (χ2v) is 9.42. The van der Waals surface area contributed by atoms with Crippen LogP contribution in [0.15, 0.2) is 60.9 Å². The Bertz CT molecular complexity index is 1160. The Morgan fingerprint density at radius 1 is 1.12 bits per heavy atom. The Balaban J connectivity index is 1.41. The molecule has 1 aliphatic carbocycles. The minimum Gasteiger partial charge on any atom is -0.497 e. The number of aromatic nitrogens is 2. The van der Waals surface area contributed by atoms with Crippen molar-refractivity contribution in [3.05, 3.63) is 89.3 Å². The average Bonchev–Trinajstić information content (AvgIpc) is 3.55. The molecule has 2 heterocycles. The van der Waals surface area contributed by atoms with E-state index in [1.807, 2.05) is 35.2 Å². The van der Waals surface area contributed by atoms with Crippen LogP contribution in [-0.4, -0.2) is 34.4 Å². The summed E-state index contributed by atoms with van der Waals surface area (Å²) in [5, 5.41) is 0. The quantitative estimate of drug-likeness (QED) is 0.496. The standard InChI is InChI=1S/C28H30FN3O2/c1-34-24-11-9-21(10-12-24)28(13-2-3-14-28)27(33)32-15-5-8-26(32)25-19-30-18-23(31-25)17-20-6-4-7-22(29)16-20/h4,6-7,9-12,16,18-19,26H,2-3,5,8,13-15,17H2,1H3. The fourth-order valence-electron chi connectivity index (χ4n) is 5.63. The van der Waals surface area contributed by atoms with Gasteiger partial charge in [-0.25, -0.2) is 4.39 Å². The summed E-state index contributed by atoms with van der Waals surface area (Å²) in [6, 6.07) is 14.5. The van der Waals surface area contributed by atoms with E-state index in [2.05, 4.69) is 4.98 Å². The van der Waals surface area contributed by atoms with E-state index < -0.39 is 5.41 Å². The van der Waals surface area contributed by atoms with Crippen molar-refractivity contribution in [3.63, 3.8) is 0 Å². The lowest BCUT2D eigenvalue weighted by atomic mass is 9.77. The highest BCUT2D eigenvalue weighted by Crippen LogP contribution is 2.45. The summed E-state index contributed by atoms with van der Waals surface area (Å²) in [5.74, 6) is 0.748. The minimum atomic E-state index is -0.485. The van der Waals surface area contributed by atoms with Gasteiger partial charge in [-0.1, -0.05) is 37.1 Å². The number of benzene rings is 2. The van der Waals surface area contributed by atoms with Gasteiger partial charge in [0.25, 0.3) is 0 Å². The topological polar surface area (TPSA) is 55.3 Å². The number of hydrogen-bond donors (Lipinski definition) is 0. The van der Waals surface area contributed by atoms with Crippen molar-refractivity contribution >= 4 is 5.91 Å². The smallest absolute Gasteiger partial charge is 0.233 e. The number of ether oxygens (including phenoxy) is 1. The van der Waals surface area contributed by atoms with E-state index in [4.69, 9.17) is 9.72 Å². The Kier molecular flexibility index (Phi) is 6.31. The molecule has 1 saturated heterocycles. The summed E-state index contributed by atoms with van der Waals surface area (Å²) in [6.45, 7) is 0.733. The van der Waals surface area contributed by atoms with Crippen molar-refractivity contribution in [2.24, 2.45) is 0 Å². The first-order chi connectivity index (χ1) is 16.6. The highest BCUT2D eigenvalue weighted by Gasteiger charge is 2.47. The number of rotatable bonds is 6. The molecule has 0 bridgehead atoms. The molecule has 5 nitrogen and oxygen atoms in total. The van der Waals surface area contributed by atoms with Gasteiger partial charge in [-0.15, -0.1) is 0 Å². The number of carbonyl (C=O) groups excluding carboxylic acids is 1. The molecule has 1 saturated carbocycles. The molecule has 0 spiro atoms. The number of carbonyl (C=O) groups is 1. The second kappa shape index (κ2) is 9.53. The first kappa shape index (κ1) is 22.5. The number of hydrogen-bond acceptors (Lipinski definition) is 4. The van der Waals surface area contributed by atoms with Crippen LogP contribution in [-0.2, 0) is 16.6 Å². The molecule has 1 atom stereocenters. The maximum absolute atomic E-state index is 14.1. The molecule has 34 heavy (non-hydrogen) atoms. The van der Waals surface area contributed by atoms with E-state index >= 15 is 0 Å². The number of halogens is 1. The molecule has 1 amide bonds. The van der Waals surface area contributed by atoms with Crippen molar-refractivity contribution in [3.8, 4) is 5.75 Å². The third-order valence-corrected chi connectivity index (χ3v) is 7.34. The molecule has 1 aliphatic heterocycles. The predicted molar refractivity (Wildman–Crippen MR) is 128 cm³/mol. The molecule has 176 valence electrons. The third-order valence-electron chi connectivity index (χ3n) is 7.34. The fraction of sp³-hybridized carbons (Fsp3) is 0.393. The van der Waals surface area contributed by atoms with Crippen molar-refractivity contribution in [2.75, 3.05) is 13.7 Å². The molecule has 3 aromatic rings. The van der Waals surface area contributed by atoms with Gasteiger partial charge in [0, 0.05) is 19.2 Å². The molecule has 0 N–H and O–H groups in total. The molecule has 2 aromatic carbocycles. The van der Waals surface area contributed by atoms with Crippen molar-refractivity contribution in [1.82, 2.24) is 14.9 Å². The molecule has 1 unspecified atom stereocenters. The molecule has 2 aliphatic rings. The minimum absolute atomic E-state index is 0.0804. The van der Waals surface area contributed by atoms with Crippen LogP contribution < -0.4 is 4.74 Å². The van der Waals surface area contributed by atoms with Crippen LogP contribution in [0.25, 0.3) is 0 Å². The third kappa shape index (κ3) is 4.29. The Hall–Kier alpha value is -3.28. The SMILES string of the molecule is COc1ccc(C2(C(=O)N3CCCC3c3cncc(Cc4cccc(F)c4)n3)CCCC2)cc1. The summed E-state index contributed by atoms with van der Waals surface area (Å²) < 4.78 is 18.9. The number of methoxy groups -OCH3 is 1. The van der Waals surface area contributed by atoms with E-state index in [1.165, 1.54) is 12.1 Å². The first-order valence-electron chi connectivity index (χ1n) is 12.1. The molecular weight excluding hydrogens is 429 g/mol. The van der Waals surface area contributed by atoms with E-state index in [-0.39, 0.29) is 17.8 Å². The van der Waals surface area contributed by atoms with Crippen LogP contribution >= 0.6 is 0 Å². The predicted octanol–water partition coefficient (Wildman–Crippen LogP) is 5.39. The molecular formula is C28H30FN3O2. The van der Waals surface area contributed by atoms with Crippen molar-refractivity contribution in [2.45, 2.75) is 56.4 Å².